The van der Waals surface area contributed by atoms with Crippen molar-refractivity contribution in [3.05, 3.63) is 95.8 Å². The van der Waals surface area contributed by atoms with Gasteiger partial charge in [-0.1, -0.05) is 60.2 Å². The molecule has 116 valence electrons. The summed E-state index contributed by atoms with van der Waals surface area (Å²) in [7, 11) is 0. The van der Waals surface area contributed by atoms with Gasteiger partial charge in [-0.3, -0.25) is 0 Å². The largest absolute Gasteiger partial charge is 0.456 e. The summed E-state index contributed by atoms with van der Waals surface area (Å²) in [6, 6.07) is 28.3. The van der Waals surface area contributed by atoms with Crippen molar-refractivity contribution >= 4 is 16.7 Å². The quantitative estimate of drug-likeness (QED) is 0.470. The molecule has 0 bridgehead atoms. The Labute approximate surface area is 140 Å². The van der Waals surface area contributed by atoms with Gasteiger partial charge in [0, 0.05) is 17.0 Å². The van der Waals surface area contributed by atoms with E-state index >= 15 is 0 Å². The Morgan fingerprint density at radius 3 is 2.21 bits per heavy atom. The first kappa shape index (κ1) is 14.5. The summed E-state index contributed by atoms with van der Waals surface area (Å²) >= 11 is 0. The van der Waals surface area contributed by atoms with Crippen LogP contribution in [0.25, 0.3) is 22.3 Å². The Morgan fingerprint density at radius 1 is 0.750 bits per heavy atom. The third kappa shape index (κ3) is 2.86. The fourth-order valence-electron chi connectivity index (χ4n) is 2.76. The number of hydrogen-bond donors (Lipinski definition) is 0. The Balaban J connectivity index is 2.02. The van der Waals surface area contributed by atoms with Gasteiger partial charge in [-0.2, -0.15) is 0 Å². The zero-order valence-corrected chi connectivity index (χ0v) is 13.4. The number of aryl methyl sites for hydroxylation is 1. The van der Waals surface area contributed by atoms with Crippen LogP contribution in [0.3, 0.4) is 0 Å². The lowest BCUT2D eigenvalue weighted by Crippen LogP contribution is -2.03. The molecule has 0 spiro atoms. The molecule has 1 aromatic heterocycles. The second kappa shape index (κ2) is 6.17. The molecule has 1 heterocycles. The van der Waals surface area contributed by atoms with Gasteiger partial charge in [0.05, 0.1) is 11.0 Å². The van der Waals surface area contributed by atoms with E-state index in [0.717, 1.165) is 33.3 Å². The van der Waals surface area contributed by atoms with E-state index in [1.54, 1.807) is 0 Å². The summed E-state index contributed by atoms with van der Waals surface area (Å²) in [6.45, 7) is 2.08. The van der Waals surface area contributed by atoms with E-state index < -0.39 is 0 Å². The normalized spacial score (nSPS) is 11.8. The minimum absolute atomic E-state index is 0.821. The molecule has 4 aromatic rings. The van der Waals surface area contributed by atoms with E-state index in [1.807, 2.05) is 72.8 Å². The van der Waals surface area contributed by atoms with Crippen LogP contribution in [-0.2, 0) is 0 Å². The first-order valence-electron chi connectivity index (χ1n) is 7.99. The van der Waals surface area contributed by atoms with Gasteiger partial charge < -0.3 is 4.42 Å². The van der Waals surface area contributed by atoms with Crippen LogP contribution in [0, 0.1) is 6.92 Å². The van der Waals surface area contributed by atoms with Gasteiger partial charge in [0.15, 0.2) is 0 Å². The van der Waals surface area contributed by atoms with Gasteiger partial charge in [0.25, 0.3) is 0 Å². The molecule has 0 atom stereocenters. The van der Waals surface area contributed by atoms with Gasteiger partial charge in [-0.05, 0) is 31.2 Å². The number of benzene rings is 3. The maximum absolute atomic E-state index is 6.12. The summed E-state index contributed by atoms with van der Waals surface area (Å²) in [6.07, 6.45) is 0. The topological polar surface area (TPSA) is 25.5 Å². The molecule has 3 aromatic carbocycles. The highest BCUT2D eigenvalue weighted by molar-refractivity contribution is 5.79. The van der Waals surface area contributed by atoms with Gasteiger partial charge in [-0.15, -0.1) is 0 Å². The standard InChI is InChI=1S/C22H17NO/c1-16-12-13-21-19(14-16)20(23-18-10-6-3-7-11-18)15-22(24-21)17-8-4-2-5-9-17/h2-15H,1H3. The molecule has 0 unspecified atom stereocenters. The first-order chi connectivity index (χ1) is 11.8. The van der Waals surface area contributed by atoms with Crippen LogP contribution in [0.4, 0.5) is 5.69 Å². The highest BCUT2D eigenvalue weighted by atomic mass is 16.3. The molecule has 0 saturated carbocycles. The van der Waals surface area contributed by atoms with Crippen LogP contribution in [0.2, 0.25) is 0 Å². The predicted molar refractivity (Wildman–Crippen MR) is 98.1 cm³/mol. The molecule has 4 rings (SSSR count). The average Bonchev–Trinajstić information content (AvgIpc) is 2.63. The SMILES string of the molecule is Cc1ccc2oc(-c3ccccc3)cc(=Nc3ccccc3)c2c1. The smallest absolute Gasteiger partial charge is 0.136 e. The molecule has 0 saturated heterocycles. The number of para-hydroxylation sites is 1. The maximum atomic E-state index is 6.12. The molecule has 0 amide bonds. The number of fused-ring (bicyclic) bond motifs is 1. The monoisotopic (exact) mass is 311 g/mol. The van der Waals surface area contributed by atoms with E-state index in [0.29, 0.717) is 0 Å². The van der Waals surface area contributed by atoms with E-state index in [2.05, 4.69) is 19.1 Å². The zero-order valence-electron chi connectivity index (χ0n) is 13.4. The molecular weight excluding hydrogens is 294 g/mol. The van der Waals surface area contributed by atoms with Crippen LogP contribution >= 0.6 is 0 Å². The van der Waals surface area contributed by atoms with Crippen LogP contribution in [0.15, 0.2) is 94.3 Å². The lowest BCUT2D eigenvalue weighted by atomic mass is 10.1. The summed E-state index contributed by atoms with van der Waals surface area (Å²) in [5, 5.41) is 1.95. The van der Waals surface area contributed by atoms with Crippen molar-refractivity contribution in [3.8, 4) is 11.3 Å². The molecule has 0 N–H and O–H groups in total. The molecule has 0 aliphatic heterocycles. The lowest BCUT2D eigenvalue weighted by Gasteiger charge is -2.06. The minimum atomic E-state index is 0.821. The van der Waals surface area contributed by atoms with Crippen LogP contribution in [-0.4, -0.2) is 0 Å². The van der Waals surface area contributed by atoms with Crippen molar-refractivity contribution in [1.82, 2.24) is 0 Å². The molecule has 0 radical (unpaired) electrons. The third-order valence-corrected chi connectivity index (χ3v) is 3.96. The highest BCUT2D eigenvalue weighted by Gasteiger charge is 2.06. The average molecular weight is 311 g/mol. The molecule has 24 heavy (non-hydrogen) atoms. The third-order valence-electron chi connectivity index (χ3n) is 3.96. The fraction of sp³-hybridized carbons (Fsp3) is 0.0455. The Hall–Kier alpha value is -3.13. The van der Waals surface area contributed by atoms with E-state index in [9.17, 15) is 0 Å². The summed E-state index contributed by atoms with van der Waals surface area (Å²) in [5.41, 5.74) is 4.02. The maximum Gasteiger partial charge on any atom is 0.136 e. The molecule has 2 heteroatoms. The molecule has 0 aliphatic rings. The van der Waals surface area contributed by atoms with Crippen LogP contribution in [0.1, 0.15) is 5.56 Å². The Kier molecular flexibility index (Phi) is 3.72. The Morgan fingerprint density at radius 2 is 1.46 bits per heavy atom. The van der Waals surface area contributed by atoms with Crippen LogP contribution in [0.5, 0.6) is 0 Å². The van der Waals surface area contributed by atoms with Crippen molar-refractivity contribution in [1.29, 1.82) is 0 Å². The first-order valence-corrected chi connectivity index (χ1v) is 7.99. The Bertz CT molecular complexity index is 1050. The van der Waals surface area contributed by atoms with Crippen molar-refractivity contribution < 1.29 is 4.42 Å². The number of nitrogens with zero attached hydrogens (tertiary/aromatic N) is 1. The summed E-state index contributed by atoms with van der Waals surface area (Å²) < 4.78 is 6.12. The van der Waals surface area contributed by atoms with Crippen molar-refractivity contribution in [3.63, 3.8) is 0 Å². The second-order valence-electron chi connectivity index (χ2n) is 5.81. The summed E-state index contributed by atoms with van der Waals surface area (Å²) in [5.74, 6) is 0.821. The van der Waals surface area contributed by atoms with E-state index in [-0.39, 0.29) is 0 Å². The second-order valence-corrected chi connectivity index (χ2v) is 5.81. The molecule has 0 aliphatic carbocycles. The molecular formula is C22H17NO. The minimum Gasteiger partial charge on any atom is -0.456 e. The lowest BCUT2D eigenvalue weighted by molar-refractivity contribution is 0.618. The van der Waals surface area contributed by atoms with Gasteiger partial charge in [-0.25, -0.2) is 4.99 Å². The molecule has 2 nitrogen and oxygen atoms in total. The van der Waals surface area contributed by atoms with Crippen LogP contribution < -0.4 is 5.36 Å². The van der Waals surface area contributed by atoms with E-state index in [4.69, 9.17) is 9.41 Å². The fourth-order valence-corrected chi connectivity index (χ4v) is 2.76. The van der Waals surface area contributed by atoms with Gasteiger partial charge >= 0.3 is 0 Å². The van der Waals surface area contributed by atoms with E-state index in [1.165, 1.54) is 5.56 Å². The van der Waals surface area contributed by atoms with Crippen molar-refractivity contribution in [2.45, 2.75) is 6.92 Å². The predicted octanol–water partition coefficient (Wildman–Crippen LogP) is 5.64. The van der Waals surface area contributed by atoms with Gasteiger partial charge in [0.1, 0.15) is 11.3 Å². The zero-order chi connectivity index (χ0) is 16.4. The summed E-state index contributed by atoms with van der Waals surface area (Å²) in [4.78, 5) is 4.84. The van der Waals surface area contributed by atoms with Gasteiger partial charge in [0.2, 0.25) is 0 Å². The molecule has 0 fully saturated rings. The number of rotatable bonds is 2. The highest BCUT2D eigenvalue weighted by Crippen LogP contribution is 2.23. The van der Waals surface area contributed by atoms with Crippen molar-refractivity contribution in [2.24, 2.45) is 4.99 Å². The number of hydrogen-bond acceptors (Lipinski definition) is 2. The van der Waals surface area contributed by atoms with Crippen molar-refractivity contribution in [2.75, 3.05) is 0 Å².